The molecular formula is C20H20N2O3. The smallest absolute Gasteiger partial charge is 0.303 e. The van der Waals surface area contributed by atoms with Crippen LogP contribution in [0.3, 0.4) is 0 Å². The highest BCUT2D eigenvalue weighted by molar-refractivity contribution is 6.02. The molecule has 0 spiro atoms. The summed E-state index contributed by atoms with van der Waals surface area (Å²) in [6.45, 7) is 0. The third kappa shape index (κ3) is 4.53. The molecule has 0 aliphatic heterocycles. The fourth-order valence-electron chi connectivity index (χ4n) is 2.88. The molecule has 2 aromatic rings. The first-order valence-electron chi connectivity index (χ1n) is 8.33. The number of hydrogen-bond acceptors (Lipinski definition) is 3. The Morgan fingerprint density at radius 1 is 1.00 bits per heavy atom. The van der Waals surface area contributed by atoms with E-state index in [-0.39, 0.29) is 30.6 Å². The van der Waals surface area contributed by atoms with Crippen molar-refractivity contribution in [3.05, 3.63) is 71.8 Å². The zero-order valence-electron chi connectivity index (χ0n) is 13.8. The normalized spacial score (nSPS) is 19.3. The first-order chi connectivity index (χ1) is 12.1. The summed E-state index contributed by atoms with van der Waals surface area (Å²) >= 11 is 0. The molecule has 1 amide bonds. The third-order valence-corrected chi connectivity index (χ3v) is 4.34. The van der Waals surface area contributed by atoms with Crippen LogP contribution in [0.4, 0.5) is 0 Å². The van der Waals surface area contributed by atoms with E-state index in [2.05, 4.69) is 10.5 Å². The second-order valence-corrected chi connectivity index (χ2v) is 6.15. The van der Waals surface area contributed by atoms with Gasteiger partial charge in [-0.25, -0.2) is 5.43 Å². The fraction of sp³-hybridized carbons (Fsp3) is 0.250. The summed E-state index contributed by atoms with van der Waals surface area (Å²) in [4.78, 5) is 23.2. The molecule has 2 unspecified atom stereocenters. The predicted octanol–water partition coefficient (Wildman–Crippen LogP) is 3.18. The maximum atomic E-state index is 12.3. The molecule has 25 heavy (non-hydrogen) atoms. The molecule has 5 nitrogen and oxygen atoms in total. The Morgan fingerprint density at radius 3 is 2.28 bits per heavy atom. The number of carbonyl (C=O) groups is 2. The molecule has 3 rings (SSSR count). The summed E-state index contributed by atoms with van der Waals surface area (Å²) in [6, 6.07) is 19.3. The number of amides is 1. The fourth-order valence-corrected chi connectivity index (χ4v) is 2.88. The highest BCUT2D eigenvalue weighted by atomic mass is 16.4. The van der Waals surface area contributed by atoms with Crippen molar-refractivity contribution < 1.29 is 14.7 Å². The molecule has 0 bridgehead atoms. The van der Waals surface area contributed by atoms with Crippen LogP contribution < -0.4 is 5.43 Å². The van der Waals surface area contributed by atoms with E-state index in [1.807, 2.05) is 60.7 Å². The predicted molar refractivity (Wildman–Crippen MR) is 95.3 cm³/mol. The van der Waals surface area contributed by atoms with Crippen LogP contribution >= 0.6 is 0 Å². The zero-order valence-corrected chi connectivity index (χ0v) is 13.8. The van der Waals surface area contributed by atoms with E-state index in [4.69, 9.17) is 5.11 Å². The second-order valence-electron chi connectivity index (χ2n) is 6.15. The van der Waals surface area contributed by atoms with Gasteiger partial charge in [0.15, 0.2) is 0 Å². The number of benzene rings is 2. The van der Waals surface area contributed by atoms with Gasteiger partial charge in [0.1, 0.15) is 0 Å². The number of nitrogens with one attached hydrogen (secondary N) is 1. The van der Waals surface area contributed by atoms with Crippen LogP contribution in [0.15, 0.2) is 65.8 Å². The molecule has 0 heterocycles. The van der Waals surface area contributed by atoms with Crippen LogP contribution in [-0.4, -0.2) is 22.7 Å². The van der Waals surface area contributed by atoms with Crippen LogP contribution in [0.5, 0.6) is 0 Å². The van der Waals surface area contributed by atoms with Gasteiger partial charge in [0, 0.05) is 12.3 Å². The van der Waals surface area contributed by atoms with Crippen molar-refractivity contribution in [2.45, 2.75) is 25.2 Å². The maximum absolute atomic E-state index is 12.3. The van der Waals surface area contributed by atoms with E-state index >= 15 is 0 Å². The average molecular weight is 336 g/mol. The molecule has 1 aliphatic carbocycles. The van der Waals surface area contributed by atoms with Gasteiger partial charge in [-0.2, -0.15) is 5.10 Å². The lowest BCUT2D eigenvalue weighted by molar-refractivity contribution is -0.136. The van der Waals surface area contributed by atoms with Gasteiger partial charge in [0.2, 0.25) is 5.91 Å². The average Bonchev–Trinajstić information content (AvgIpc) is 3.44. The third-order valence-electron chi connectivity index (χ3n) is 4.34. The van der Waals surface area contributed by atoms with Crippen LogP contribution in [0.2, 0.25) is 0 Å². The van der Waals surface area contributed by atoms with Crippen molar-refractivity contribution >= 4 is 17.6 Å². The highest BCUT2D eigenvalue weighted by Crippen LogP contribution is 2.47. The first-order valence-corrected chi connectivity index (χ1v) is 8.33. The Labute approximate surface area is 146 Å². The molecule has 1 saturated carbocycles. The van der Waals surface area contributed by atoms with E-state index < -0.39 is 5.97 Å². The Hall–Kier alpha value is -2.95. The van der Waals surface area contributed by atoms with Crippen molar-refractivity contribution in [3.8, 4) is 0 Å². The van der Waals surface area contributed by atoms with Crippen molar-refractivity contribution in [3.63, 3.8) is 0 Å². The molecule has 1 aliphatic rings. The molecular weight excluding hydrogens is 316 g/mol. The van der Waals surface area contributed by atoms with Crippen LogP contribution in [-0.2, 0) is 9.59 Å². The van der Waals surface area contributed by atoms with Crippen molar-refractivity contribution in [1.29, 1.82) is 0 Å². The number of hydrazone groups is 1. The Bertz CT molecular complexity index is 772. The van der Waals surface area contributed by atoms with Gasteiger partial charge in [-0.05, 0) is 23.5 Å². The van der Waals surface area contributed by atoms with Gasteiger partial charge >= 0.3 is 5.97 Å². The van der Waals surface area contributed by atoms with Crippen molar-refractivity contribution in [1.82, 2.24) is 5.43 Å². The molecule has 2 atom stereocenters. The number of hydrogen-bond donors (Lipinski definition) is 2. The van der Waals surface area contributed by atoms with E-state index in [0.29, 0.717) is 5.71 Å². The summed E-state index contributed by atoms with van der Waals surface area (Å²) < 4.78 is 0. The zero-order chi connectivity index (χ0) is 17.6. The van der Waals surface area contributed by atoms with Gasteiger partial charge in [0.05, 0.1) is 12.1 Å². The molecule has 0 aromatic heterocycles. The second kappa shape index (κ2) is 7.75. The van der Waals surface area contributed by atoms with Crippen molar-refractivity contribution in [2.75, 3.05) is 0 Å². The van der Waals surface area contributed by atoms with E-state index in [9.17, 15) is 9.59 Å². The Kier molecular flexibility index (Phi) is 5.23. The summed E-state index contributed by atoms with van der Waals surface area (Å²) in [6.07, 6.45) is 1.06. The van der Waals surface area contributed by atoms with Gasteiger partial charge in [-0.15, -0.1) is 0 Å². The van der Waals surface area contributed by atoms with Crippen LogP contribution in [0.1, 0.15) is 36.3 Å². The molecule has 1 fully saturated rings. The molecule has 0 saturated heterocycles. The van der Waals surface area contributed by atoms with Crippen LogP contribution in [0.25, 0.3) is 0 Å². The Morgan fingerprint density at radius 2 is 1.64 bits per heavy atom. The summed E-state index contributed by atoms with van der Waals surface area (Å²) in [5.41, 5.74) is 5.19. The Balaban J connectivity index is 1.65. The molecule has 2 aromatic carbocycles. The minimum absolute atomic E-state index is 0.0281. The lowest BCUT2D eigenvalue weighted by atomic mass is 10.1. The molecule has 0 radical (unpaired) electrons. The minimum atomic E-state index is -0.888. The maximum Gasteiger partial charge on any atom is 0.303 e. The summed E-state index contributed by atoms with van der Waals surface area (Å²) in [5, 5.41) is 13.1. The lowest BCUT2D eigenvalue weighted by Gasteiger charge is -2.06. The number of carboxylic acid groups (broad SMARTS) is 1. The van der Waals surface area contributed by atoms with E-state index in [1.165, 1.54) is 5.56 Å². The van der Waals surface area contributed by atoms with Gasteiger partial charge in [-0.1, -0.05) is 60.7 Å². The molecule has 5 heteroatoms. The van der Waals surface area contributed by atoms with Gasteiger partial charge < -0.3 is 5.11 Å². The first kappa shape index (κ1) is 16.9. The largest absolute Gasteiger partial charge is 0.481 e. The summed E-state index contributed by atoms with van der Waals surface area (Å²) in [5.74, 6) is -0.822. The number of aliphatic carboxylic acids is 1. The van der Waals surface area contributed by atoms with Crippen molar-refractivity contribution in [2.24, 2.45) is 11.0 Å². The number of nitrogens with zero attached hydrogens (tertiary/aromatic N) is 1. The molecule has 2 N–H and O–H groups in total. The van der Waals surface area contributed by atoms with Gasteiger partial charge in [-0.3, -0.25) is 9.59 Å². The van der Waals surface area contributed by atoms with Crippen LogP contribution in [0, 0.1) is 5.92 Å². The summed E-state index contributed by atoms with van der Waals surface area (Å²) in [7, 11) is 0. The highest BCUT2D eigenvalue weighted by Gasteiger charge is 2.43. The van der Waals surface area contributed by atoms with E-state index in [1.54, 1.807) is 0 Å². The SMILES string of the molecule is O=C(O)CC/C(=N/NC(=O)C1CC1c1ccccc1)c1ccccc1. The minimum Gasteiger partial charge on any atom is -0.481 e. The number of rotatable bonds is 7. The topological polar surface area (TPSA) is 78.8 Å². The quantitative estimate of drug-likeness (QED) is 0.602. The monoisotopic (exact) mass is 336 g/mol. The number of carbonyl (C=O) groups excluding carboxylic acids is 1. The van der Waals surface area contributed by atoms with Gasteiger partial charge in [0.25, 0.3) is 0 Å². The molecule has 128 valence electrons. The van der Waals surface area contributed by atoms with E-state index in [0.717, 1.165) is 12.0 Å². The standard InChI is InChI=1S/C20H20N2O3/c23-19(24)12-11-18(15-9-5-2-6-10-15)21-22-20(25)17-13-16(17)14-7-3-1-4-8-14/h1-10,16-17H,11-13H2,(H,22,25)(H,23,24)/b21-18-. The lowest BCUT2D eigenvalue weighted by Crippen LogP contribution is -2.22. The number of carboxylic acids is 1.